The van der Waals surface area contributed by atoms with Crippen LogP contribution >= 0.6 is 0 Å². The van der Waals surface area contributed by atoms with Gasteiger partial charge in [0.2, 0.25) is 0 Å². The lowest BCUT2D eigenvalue weighted by atomic mass is 9.44. The fourth-order valence-corrected chi connectivity index (χ4v) is 15.8. The zero-order valence-corrected chi connectivity index (χ0v) is 42.8. The average Bonchev–Trinajstić information content (AvgIpc) is 3.83. The maximum absolute atomic E-state index is 14.7. The van der Waals surface area contributed by atoms with Gasteiger partial charge >= 0.3 is 0 Å². The lowest BCUT2D eigenvalue weighted by molar-refractivity contribution is -0.398. The van der Waals surface area contributed by atoms with Gasteiger partial charge in [-0.15, -0.1) is 0 Å². The molecule has 10 fully saturated rings. The third-order valence-electron chi connectivity index (χ3n) is 20.2. The monoisotopic (exact) mass is 1060 g/mol. The van der Waals surface area contributed by atoms with Crippen LogP contribution in [0.4, 0.5) is 0 Å². The molecule has 4 saturated carbocycles. The number of carbonyl (C=O) groups excluding carboxylic acids is 1. The third kappa shape index (κ3) is 9.28. The van der Waals surface area contributed by atoms with Crippen molar-refractivity contribution in [2.24, 2.45) is 52.3 Å². The number of Topliss-reactive ketones (excluding diaryl/α,β-unsaturated/α-hetero) is 1. The van der Waals surface area contributed by atoms with Gasteiger partial charge in [-0.1, -0.05) is 27.7 Å². The molecular weight excluding hydrogens is 981 g/mol. The van der Waals surface area contributed by atoms with Gasteiger partial charge in [0.1, 0.15) is 97.3 Å². The Morgan fingerprint density at radius 2 is 1.18 bits per heavy atom. The van der Waals surface area contributed by atoms with Gasteiger partial charge in [-0.05, 0) is 86.9 Å². The fourth-order valence-electron chi connectivity index (χ4n) is 15.8. The summed E-state index contributed by atoms with van der Waals surface area (Å²) in [5, 5.41) is 130. The zero-order chi connectivity index (χ0) is 53.1. The highest BCUT2D eigenvalue weighted by Gasteiger charge is 2.72. The largest absolute Gasteiger partial charge is 0.394 e. The Bertz CT molecular complexity index is 1940. The number of ether oxygens (including phenoxy) is 10. The first-order valence-corrected chi connectivity index (χ1v) is 27.1. The highest BCUT2D eigenvalue weighted by molar-refractivity contribution is 5.87. The average molecular weight is 1060 g/mol. The topological polar surface area (TPSA) is 352 Å². The van der Waals surface area contributed by atoms with Gasteiger partial charge in [-0.3, -0.25) is 4.79 Å². The first-order valence-electron chi connectivity index (χ1n) is 27.1. The van der Waals surface area contributed by atoms with E-state index in [2.05, 4.69) is 27.7 Å². The quantitative estimate of drug-likeness (QED) is 0.0937. The number of aliphatic hydroxyl groups excluding tert-OH is 12. The number of aliphatic hydroxyl groups is 12. The number of carbonyl (C=O) groups is 1. The van der Waals surface area contributed by atoms with Gasteiger partial charge in [0, 0.05) is 30.1 Å². The summed E-state index contributed by atoms with van der Waals surface area (Å²) < 4.78 is 60.7. The van der Waals surface area contributed by atoms with Crippen molar-refractivity contribution in [2.75, 3.05) is 26.4 Å². The molecule has 0 aromatic rings. The predicted molar refractivity (Wildman–Crippen MR) is 247 cm³/mol. The van der Waals surface area contributed by atoms with Crippen molar-refractivity contribution in [1.29, 1.82) is 0 Å². The van der Waals surface area contributed by atoms with E-state index in [9.17, 15) is 66.1 Å². The summed E-state index contributed by atoms with van der Waals surface area (Å²) in [6, 6.07) is 0. The smallest absolute Gasteiger partial charge is 0.187 e. The summed E-state index contributed by atoms with van der Waals surface area (Å²) in [5.41, 5.74) is -0.613. The van der Waals surface area contributed by atoms with Crippen molar-refractivity contribution >= 4 is 5.78 Å². The third-order valence-corrected chi connectivity index (χ3v) is 20.2. The van der Waals surface area contributed by atoms with E-state index in [1.54, 1.807) is 0 Å². The molecule has 4 aliphatic carbocycles. The lowest BCUT2D eigenvalue weighted by Gasteiger charge is -2.60. The Labute approximate surface area is 430 Å². The van der Waals surface area contributed by atoms with Crippen molar-refractivity contribution in [3.8, 4) is 0 Å². The number of fused-ring (bicyclic) bond motifs is 7. The summed E-state index contributed by atoms with van der Waals surface area (Å²) in [6.07, 6.45) is -27.3. The molecule has 424 valence electrons. The van der Waals surface area contributed by atoms with Crippen LogP contribution in [0, 0.1) is 52.3 Å². The molecule has 10 rings (SSSR count). The summed E-state index contributed by atoms with van der Waals surface area (Å²) in [4.78, 5) is 14.7. The molecule has 0 aromatic carbocycles. The fraction of sp³-hybridized carbons (Fsp3) is 0.980. The molecule has 0 aromatic heterocycles. The number of hydrogen-bond donors (Lipinski definition) is 12. The van der Waals surface area contributed by atoms with Gasteiger partial charge in [-0.25, -0.2) is 0 Å². The van der Waals surface area contributed by atoms with Gasteiger partial charge < -0.3 is 109 Å². The van der Waals surface area contributed by atoms with Crippen LogP contribution in [0.2, 0.25) is 0 Å². The first kappa shape index (κ1) is 56.1. The van der Waals surface area contributed by atoms with Crippen molar-refractivity contribution in [3.63, 3.8) is 0 Å². The van der Waals surface area contributed by atoms with E-state index < -0.39 is 160 Å². The van der Waals surface area contributed by atoms with Crippen LogP contribution in [-0.4, -0.2) is 234 Å². The normalized spacial score (nSPS) is 57.6. The van der Waals surface area contributed by atoms with E-state index in [0.29, 0.717) is 43.5 Å². The minimum atomic E-state index is -2.02. The highest BCUT2D eigenvalue weighted by atomic mass is 16.8. The molecule has 23 nitrogen and oxygen atoms in total. The molecule has 0 bridgehead atoms. The highest BCUT2D eigenvalue weighted by Crippen LogP contribution is 2.70. The van der Waals surface area contributed by atoms with Crippen LogP contribution in [0.3, 0.4) is 0 Å². The second-order valence-electron chi connectivity index (χ2n) is 24.2. The second-order valence-corrected chi connectivity index (χ2v) is 24.2. The Morgan fingerprint density at radius 3 is 1.86 bits per heavy atom. The van der Waals surface area contributed by atoms with E-state index in [0.717, 1.165) is 38.5 Å². The summed E-state index contributed by atoms with van der Waals surface area (Å²) in [6.45, 7) is 8.53. The minimum absolute atomic E-state index is 0.00720. The van der Waals surface area contributed by atoms with E-state index in [-0.39, 0.29) is 41.1 Å². The second kappa shape index (κ2) is 21.4. The van der Waals surface area contributed by atoms with Gasteiger partial charge in [0.05, 0.1) is 44.7 Å². The van der Waals surface area contributed by atoms with Crippen LogP contribution in [-0.2, 0) is 52.2 Å². The summed E-state index contributed by atoms with van der Waals surface area (Å²) >= 11 is 0. The van der Waals surface area contributed by atoms with Crippen LogP contribution in [0.5, 0.6) is 0 Å². The van der Waals surface area contributed by atoms with Crippen molar-refractivity contribution in [2.45, 2.75) is 233 Å². The van der Waals surface area contributed by atoms with Crippen LogP contribution in [0.25, 0.3) is 0 Å². The van der Waals surface area contributed by atoms with E-state index in [1.807, 2.05) is 0 Å². The molecule has 12 N–H and O–H groups in total. The van der Waals surface area contributed by atoms with E-state index >= 15 is 0 Å². The molecule has 10 aliphatic rings. The maximum Gasteiger partial charge on any atom is 0.187 e. The zero-order valence-electron chi connectivity index (χ0n) is 42.8. The molecular formula is C51H82O23. The van der Waals surface area contributed by atoms with Crippen LogP contribution < -0.4 is 0 Å². The van der Waals surface area contributed by atoms with Crippen LogP contribution in [0.15, 0.2) is 0 Å². The Morgan fingerprint density at radius 1 is 0.568 bits per heavy atom. The maximum atomic E-state index is 14.7. The molecule has 1 spiro atoms. The molecule has 0 unspecified atom stereocenters. The molecule has 32 atom stereocenters. The molecule has 6 aliphatic heterocycles. The summed E-state index contributed by atoms with van der Waals surface area (Å²) in [5.74, 6) is 1.45. The molecule has 0 radical (unpaired) electrons. The van der Waals surface area contributed by atoms with E-state index in [1.165, 1.54) is 6.92 Å². The Kier molecular flexibility index (Phi) is 16.2. The van der Waals surface area contributed by atoms with Crippen molar-refractivity contribution in [3.05, 3.63) is 0 Å². The van der Waals surface area contributed by atoms with Gasteiger partial charge in [-0.2, -0.15) is 0 Å². The van der Waals surface area contributed by atoms with Gasteiger partial charge in [0.15, 0.2) is 30.9 Å². The lowest BCUT2D eigenvalue weighted by Crippen LogP contribution is -2.68. The minimum Gasteiger partial charge on any atom is -0.394 e. The predicted octanol–water partition coefficient (Wildman–Crippen LogP) is -2.70. The Balaban J connectivity index is 0.788. The number of rotatable bonds is 11. The molecule has 0 amide bonds. The molecule has 23 heteroatoms. The van der Waals surface area contributed by atoms with Crippen molar-refractivity contribution in [1.82, 2.24) is 0 Å². The number of ketones is 1. The van der Waals surface area contributed by atoms with Crippen molar-refractivity contribution < 1.29 is 113 Å². The van der Waals surface area contributed by atoms with Crippen LogP contribution in [0.1, 0.15) is 92.4 Å². The summed E-state index contributed by atoms with van der Waals surface area (Å²) in [7, 11) is 0. The molecule has 6 saturated heterocycles. The Hall–Kier alpha value is -1.21. The SMILES string of the molecule is C[C@@H]1CC[C@@]2(OC1)O[C@H]1C[C@H]3[C@@H]4CC[C@H]5C[C@@H](O[C@@H]6O[C@H](CO)[C@H](O[C@@H]7O[C@H](CO)[C@@H](O)[C@H](O)[C@H]7O[C@@H]7O[C@H](CO)[C@@H](O)[C@H](O[C@@H]8O[C@@H](C)[C@H](O)[C@@H](O)[C@H]8O)[C@H]7O)[C@H](O)[C@H]6O)CC[C@]5(C)[C@H]4CC(=O)[C@]3(C)[C@H]1[C@@H]2C. The molecule has 6 heterocycles. The van der Waals surface area contributed by atoms with E-state index in [4.69, 9.17) is 47.4 Å². The molecule has 74 heavy (non-hydrogen) atoms. The van der Waals surface area contributed by atoms with Gasteiger partial charge in [0.25, 0.3) is 0 Å². The number of hydrogen-bond acceptors (Lipinski definition) is 23. The standard InChI is InChI=1S/C51H82O23/c1-19-8-11-51(65-18-19)20(2)32-27(74-51)13-26-24-7-6-22-12-23(9-10-49(22,4)25(24)14-31(55)50(26,32)5)67-46-40(63)38(61)42(30(17-54)70-46)71-48-44(37(60)34(57)28(15-52)69-48)73-47-41(64)43(35(58)29(16-53)68-47)72-45-39(62)36(59)33(56)21(3)66-45/h19-30,32-48,52-54,56-64H,6-18H2,1-5H3/t19-,20+,21+,22+,23+,24-,25+,26+,27+,28-,29-,30-,32+,33+,34-,35-,36-,37+,38-,39-,40-,41-,42+,43+,44-,45+,46-,47+,48+,49+,50-,51-/m1/s1. The first-order chi connectivity index (χ1) is 35.1.